The highest BCUT2D eigenvalue weighted by molar-refractivity contribution is 7.20. The number of hydrogen-bond acceptors (Lipinski definition) is 5. The van der Waals surface area contributed by atoms with Crippen molar-refractivity contribution in [2.45, 2.75) is 41.0 Å². The van der Waals surface area contributed by atoms with E-state index >= 15 is 0 Å². The maximum absolute atomic E-state index is 12.4. The van der Waals surface area contributed by atoms with Gasteiger partial charge in [-0.1, -0.05) is 13.8 Å². The SMILES string of the molecule is Cc1nc(C)c2c(C)c(C(=O)NCCCOCC(C)C)sc2n1. The third kappa shape index (κ3) is 4.48. The van der Waals surface area contributed by atoms with Gasteiger partial charge < -0.3 is 10.1 Å². The van der Waals surface area contributed by atoms with Crippen molar-refractivity contribution in [1.82, 2.24) is 15.3 Å². The van der Waals surface area contributed by atoms with Crippen molar-refractivity contribution in [2.24, 2.45) is 5.92 Å². The molecule has 0 aliphatic heterocycles. The van der Waals surface area contributed by atoms with Crippen molar-refractivity contribution < 1.29 is 9.53 Å². The number of thiophene rings is 1. The number of hydrogen-bond donors (Lipinski definition) is 1. The molecule has 1 amide bonds. The summed E-state index contributed by atoms with van der Waals surface area (Å²) in [6.07, 6.45) is 0.820. The zero-order valence-corrected chi connectivity index (χ0v) is 15.3. The molecule has 0 aliphatic carbocycles. The molecule has 0 unspecified atom stereocenters. The van der Waals surface area contributed by atoms with Crippen LogP contribution in [0.4, 0.5) is 0 Å². The molecule has 23 heavy (non-hydrogen) atoms. The summed E-state index contributed by atoms with van der Waals surface area (Å²) in [4.78, 5) is 22.8. The van der Waals surface area contributed by atoms with Gasteiger partial charge in [-0.15, -0.1) is 11.3 Å². The lowest BCUT2D eigenvalue weighted by atomic mass is 10.1. The van der Waals surface area contributed by atoms with Gasteiger partial charge in [0.15, 0.2) is 0 Å². The Bertz CT molecular complexity index is 695. The molecule has 0 bridgehead atoms. The molecular formula is C17H25N3O2S. The van der Waals surface area contributed by atoms with Crippen LogP contribution in [0.1, 0.15) is 47.0 Å². The minimum Gasteiger partial charge on any atom is -0.381 e. The lowest BCUT2D eigenvalue weighted by Crippen LogP contribution is -2.25. The number of amides is 1. The molecule has 6 heteroatoms. The van der Waals surface area contributed by atoms with E-state index in [9.17, 15) is 4.79 Å². The van der Waals surface area contributed by atoms with Crippen molar-refractivity contribution in [3.63, 3.8) is 0 Å². The van der Waals surface area contributed by atoms with Crippen LogP contribution in [0, 0.1) is 26.7 Å². The predicted molar refractivity (Wildman–Crippen MR) is 94.2 cm³/mol. The monoisotopic (exact) mass is 335 g/mol. The Hall–Kier alpha value is -1.53. The minimum atomic E-state index is -0.0357. The second-order valence-corrected chi connectivity index (χ2v) is 7.17. The summed E-state index contributed by atoms with van der Waals surface area (Å²) in [5.74, 6) is 1.25. The van der Waals surface area contributed by atoms with Gasteiger partial charge in [-0.25, -0.2) is 9.97 Å². The van der Waals surface area contributed by atoms with E-state index in [4.69, 9.17) is 4.74 Å². The Morgan fingerprint density at radius 1 is 1.26 bits per heavy atom. The number of aryl methyl sites for hydroxylation is 3. The largest absolute Gasteiger partial charge is 0.381 e. The molecule has 2 heterocycles. The molecule has 0 atom stereocenters. The van der Waals surface area contributed by atoms with Gasteiger partial charge in [0.25, 0.3) is 5.91 Å². The number of fused-ring (bicyclic) bond motifs is 1. The minimum absolute atomic E-state index is 0.0357. The van der Waals surface area contributed by atoms with Crippen molar-refractivity contribution >= 4 is 27.5 Å². The van der Waals surface area contributed by atoms with Crippen LogP contribution >= 0.6 is 11.3 Å². The Morgan fingerprint density at radius 3 is 2.70 bits per heavy atom. The van der Waals surface area contributed by atoms with Crippen LogP contribution in [0.3, 0.4) is 0 Å². The smallest absolute Gasteiger partial charge is 0.261 e. The van der Waals surface area contributed by atoms with E-state index in [2.05, 4.69) is 29.1 Å². The van der Waals surface area contributed by atoms with E-state index < -0.39 is 0 Å². The van der Waals surface area contributed by atoms with Gasteiger partial charge in [0, 0.05) is 30.8 Å². The number of rotatable bonds is 7. The topological polar surface area (TPSA) is 64.1 Å². The van der Waals surface area contributed by atoms with Crippen LogP contribution in [0.25, 0.3) is 10.2 Å². The van der Waals surface area contributed by atoms with Crippen LogP contribution in [0.5, 0.6) is 0 Å². The fourth-order valence-electron chi connectivity index (χ4n) is 2.47. The fourth-order valence-corrected chi connectivity index (χ4v) is 3.66. The van der Waals surface area contributed by atoms with E-state index in [1.807, 2.05) is 20.8 Å². The van der Waals surface area contributed by atoms with E-state index in [1.165, 1.54) is 11.3 Å². The average molecular weight is 335 g/mol. The zero-order chi connectivity index (χ0) is 17.0. The summed E-state index contributed by atoms with van der Waals surface area (Å²) in [6.45, 7) is 12.1. The molecule has 1 N–H and O–H groups in total. The zero-order valence-electron chi connectivity index (χ0n) is 14.5. The number of carbonyl (C=O) groups is 1. The summed E-state index contributed by atoms with van der Waals surface area (Å²) in [5, 5.41) is 3.97. The van der Waals surface area contributed by atoms with Crippen molar-refractivity contribution in [3.05, 3.63) is 22.0 Å². The van der Waals surface area contributed by atoms with Crippen LogP contribution in [0.15, 0.2) is 0 Å². The number of aromatic nitrogens is 2. The van der Waals surface area contributed by atoms with Gasteiger partial charge in [0.1, 0.15) is 10.7 Å². The highest BCUT2D eigenvalue weighted by atomic mass is 32.1. The Kier molecular flexibility index (Phi) is 6.07. The first-order valence-corrected chi connectivity index (χ1v) is 8.82. The first-order chi connectivity index (χ1) is 10.9. The first-order valence-electron chi connectivity index (χ1n) is 8.00. The Balaban J connectivity index is 1.96. The van der Waals surface area contributed by atoms with Gasteiger partial charge >= 0.3 is 0 Å². The number of nitrogens with zero attached hydrogens (tertiary/aromatic N) is 2. The summed E-state index contributed by atoms with van der Waals surface area (Å²) in [7, 11) is 0. The lowest BCUT2D eigenvalue weighted by Gasteiger charge is -2.07. The Labute approximate surface area is 141 Å². The quantitative estimate of drug-likeness (QED) is 0.788. The summed E-state index contributed by atoms with van der Waals surface area (Å²) in [6, 6.07) is 0. The molecular weight excluding hydrogens is 310 g/mol. The average Bonchev–Trinajstić information content (AvgIpc) is 2.79. The standard InChI is InChI=1S/C17H25N3O2S/c1-10(2)9-22-8-6-7-18-16(21)15-11(3)14-12(4)19-13(5)20-17(14)23-15/h10H,6-9H2,1-5H3,(H,18,21). The molecule has 0 aliphatic rings. The summed E-state index contributed by atoms with van der Waals surface area (Å²) < 4.78 is 5.52. The van der Waals surface area contributed by atoms with Crippen molar-refractivity contribution in [1.29, 1.82) is 0 Å². The van der Waals surface area contributed by atoms with Crippen molar-refractivity contribution in [2.75, 3.05) is 19.8 Å². The molecule has 0 fully saturated rings. The number of ether oxygens (including phenoxy) is 1. The molecule has 2 rings (SSSR count). The highest BCUT2D eigenvalue weighted by Crippen LogP contribution is 2.31. The van der Waals surface area contributed by atoms with Gasteiger partial charge in [0.05, 0.1) is 4.88 Å². The molecule has 0 saturated heterocycles. The molecule has 0 spiro atoms. The van der Waals surface area contributed by atoms with Gasteiger partial charge in [-0.2, -0.15) is 0 Å². The van der Waals surface area contributed by atoms with Crippen LogP contribution in [-0.4, -0.2) is 35.6 Å². The third-order valence-corrected chi connectivity index (χ3v) is 4.68. The van der Waals surface area contributed by atoms with Gasteiger partial charge in [0.2, 0.25) is 0 Å². The molecule has 0 aromatic carbocycles. The molecule has 0 radical (unpaired) electrons. The molecule has 0 saturated carbocycles. The highest BCUT2D eigenvalue weighted by Gasteiger charge is 2.18. The third-order valence-electron chi connectivity index (χ3n) is 3.49. The lowest BCUT2D eigenvalue weighted by molar-refractivity contribution is 0.0928. The Morgan fingerprint density at radius 2 is 2.00 bits per heavy atom. The molecule has 126 valence electrons. The fraction of sp³-hybridized carbons (Fsp3) is 0.588. The van der Waals surface area contributed by atoms with Gasteiger partial charge in [-0.3, -0.25) is 4.79 Å². The second kappa shape index (κ2) is 7.84. The first kappa shape index (κ1) is 17.8. The predicted octanol–water partition coefficient (Wildman–Crippen LogP) is 3.41. The van der Waals surface area contributed by atoms with E-state index in [-0.39, 0.29) is 5.91 Å². The van der Waals surface area contributed by atoms with Gasteiger partial charge in [-0.05, 0) is 38.7 Å². The maximum atomic E-state index is 12.4. The van der Waals surface area contributed by atoms with Crippen LogP contribution < -0.4 is 5.32 Å². The summed E-state index contributed by atoms with van der Waals surface area (Å²) in [5.41, 5.74) is 1.90. The number of carbonyl (C=O) groups excluding carboxylic acids is 1. The number of nitrogens with one attached hydrogen (secondary N) is 1. The molecule has 2 aromatic rings. The summed E-state index contributed by atoms with van der Waals surface area (Å²) >= 11 is 1.44. The second-order valence-electron chi connectivity index (χ2n) is 6.17. The van der Waals surface area contributed by atoms with Crippen molar-refractivity contribution in [3.8, 4) is 0 Å². The van der Waals surface area contributed by atoms with Crippen LogP contribution in [-0.2, 0) is 4.74 Å². The van der Waals surface area contributed by atoms with Crippen LogP contribution in [0.2, 0.25) is 0 Å². The van der Waals surface area contributed by atoms with E-state index in [1.54, 1.807) is 0 Å². The maximum Gasteiger partial charge on any atom is 0.261 e. The normalized spacial score (nSPS) is 11.4. The molecule has 5 nitrogen and oxygen atoms in total. The van der Waals surface area contributed by atoms with E-state index in [0.717, 1.165) is 45.2 Å². The molecule has 2 aromatic heterocycles. The van der Waals surface area contributed by atoms with E-state index in [0.29, 0.717) is 19.1 Å².